The number of aryl methyl sites for hydroxylation is 2. The third kappa shape index (κ3) is 2.65. The zero-order valence-corrected chi connectivity index (χ0v) is 10.8. The number of para-hydroxylation sites is 1. The lowest BCUT2D eigenvalue weighted by atomic mass is 10.1. The fraction of sp³-hybridized carbons (Fsp3) is 0.250. The highest BCUT2D eigenvalue weighted by molar-refractivity contribution is 5.94. The van der Waals surface area contributed by atoms with Gasteiger partial charge in [-0.25, -0.2) is 9.48 Å². The number of nitrogens with zero attached hydrogens (tertiary/aromatic N) is 3. The molecule has 0 aliphatic rings. The highest BCUT2D eigenvalue weighted by Crippen LogP contribution is 2.22. The Morgan fingerprint density at radius 1 is 1.47 bits per heavy atom. The quantitative estimate of drug-likeness (QED) is 0.767. The standard InChI is InChI=1S/C12H15N5O2/c1-8-4-3-5-9(13)11(8)15-10(18)6-17-12(19)16(2)7-14-17/h3-5,7H,6,13H2,1-2H3,(H,15,18). The number of rotatable bonds is 3. The van der Waals surface area contributed by atoms with Crippen molar-refractivity contribution in [1.82, 2.24) is 14.3 Å². The van der Waals surface area contributed by atoms with E-state index in [1.165, 1.54) is 10.9 Å². The Morgan fingerprint density at radius 2 is 2.21 bits per heavy atom. The van der Waals surface area contributed by atoms with Crippen LogP contribution in [-0.2, 0) is 18.4 Å². The summed E-state index contributed by atoms with van der Waals surface area (Å²) >= 11 is 0. The molecule has 0 unspecified atom stereocenters. The predicted molar refractivity (Wildman–Crippen MR) is 71.7 cm³/mol. The van der Waals surface area contributed by atoms with E-state index in [9.17, 15) is 9.59 Å². The fourth-order valence-electron chi connectivity index (χ4n) is 1.71. The summed E-state index contributed by atoms with van der Waals surface area (Å²) in [6, 6.07) is 5.36. The van der Waals surface area contributed by atoms with Gasteiger partial charge in [0.05, 0.1) is 11.4 Å². The maximum absolute atomic E-state index is 11.9. The first-order chi connectivity index (χ1) is 8.99. The van der Waals surface area contributed by atoms with Crippen molar-refractivity contribution in [3.8, 4) is 0 Å². The van der Waals surface area contributed by atoms with Crippen molar-refractivity contribution in [3.05, 3.63) is 40.6 Å². The minimum Gasteiger partial charge on any atom is -0.397 e. The van der Waals surface area contributed by atoms with Crippen LogP contribution in [-0.4, -0.2) is 20.3 Å². The number of hydrogen-bond donors (Lipinski definition) is 2. The Labute approximate surface area is 109 Å². The minimum atomic E-state index is -0.346. The molecule has 0 aliphatic carbocycles. The molecule has 100 valence electrons. The molecule has 2 rings (SSSR count). The zero-order chi connectivity index (χ0) is 14.0. The molecule has 1 heterocycles. The van der Waals surface area contributed by atoms with E-state index in [0.29, 0.717) is 11.4 Å². The van der Waals surface area contributed by atoms with Crippen molar-refractivity contribution < 1.29 is 4.79 Å². The molecule has 0 saturated carbocycles. The van der Waals surface area contributed by atoms with Gasteiger partial charge in [0.1, 0.15) is 12.9 Å². The van der Waals surface area contributed by atoms with Gasteiger partial charge in [0.2, 0.25) is 5.91 Å². The lowest BCUT2D eigenvalue weighted by molar-refractivity contribution is -0.117. The Morgan fingerprint density at radius 3 is 2.79 bits per heavy atom. The third-order valence-electron chi connectivity index (χ3n) is 2.75. The van der Waals surface area contributed by atoms with Crippen LogP contribution in [0.5, 0.6) is 0 Å². The topological polar surface area (TPSA) is 94.9 Å². The molecule has 7 nitrogen and oxygen atoms in total. The van der Waals surface area contributed by atoms with Crippen molar-refractivity contribution in [2.45, 2.75) is 13.5 Å². The van der Waals surface area contributed by atoms with Crippen molar-refractivity contribution in [2.24, 2.45) is 7.05 Å². The molecule has 0 saturated heterocycles. The number of nitrogen functional groups attached to an aromatic ring is 1. The van der Waals surface area contributed by atoms with Crippen LogP contribution in [0.4, 0.5) is 11.4 Å². The summed E-state index contributed by atoms with van der Waals surface area (Å²) in [6.07, 6.45) is 1.36. The largest absolute Gasteiger partial charge is 0.397 e. The summed E-state index contributed by atoms with van der Waals surface area (Å²) in [5.74, 6) is -0.346. The van der Waals surface area contributed by atoms with Crippen LogP contribution in [0.25, 0.3) is 0 Å². The number of hydrogen-bond acceptors (Lipinski definition) is 4. The van der Waals surface area contributed by atoms with E-state index in [0.717, 1.165) is 10.2 Å². The van der Waals surface area contributed by atoms with E-state index >= 15 is 0 Å². The lowest BCUT2D eigenvalue weighted by Gasteiger charge is -2.10. The van der Waals surface area contributed by atoms with Gasteiger partial charge < -0.3 is 11.1 Å². The third-order valence-corrected chi connectivity index (χ3v) is 2.75. The Balaban J connectivity index is 2.14. The molecule has 0 bridgehead atoms. The first-order valence-electron chi connectivity index (χ1n) is 5.72. The number of carbonyl (C=O) groups is 1. The number of nitrogens with two attached hydrogens (primary N) is 1. The number of anilines is 2. The van der Waals surface area contributed by atoms with Crippen LogP contribution >= 0.6 is 0 Å². The fourth-order valence-corrected chi connectivity index (χ4v) is 1.71. The predicted octanol–water partition coefficient (Wildman–Crippen LogP) is 0.111. The number of carbonyl (C=O) groups excluding carboxylic acids is 1. The molecule has 0 atom stereocenters. The van der Waals surface area contributed by atoms with Gasteiger partial charge in [0.15, 0.2) is 0 Å². The maximum atomic E-state index is 11.9. The molecule has 19 heavy (non-hydrogen) atoms. The van der Waals surface area contributed by atoms with Gasteiger partial charge in [-0.05, 0) is 18.6 Å². The highest BCUT2D eigenvalue weighted by atomic mass is 16.2. The molecule has 0 spiro atoms. The summed E-state index contributed by atoms with van der Waals surface area (Å²) in [6.45, 7) is 1.70. The highest BCUT2D eigenvalue weighted by Gasteiger charge is 2.10. The SMILES string of the molecule is Cc1cccc(N)c1NC(=O)Cn1ncn(C)c1=O. The molecule has 1 amide bonds. The van der Waals surface area contributed by atoms with E-state index in [1.807, 2.05) is 19.1 Å². The molecule has 1 aromatic heterocycles. The van der Waals surface area contributed by atoms with E-state index in [-0.39, 0.29) is 18.1 Å². The van der Waals surface area contributed by atoms with Gasteiger partial charge >= 0.3 is 5.69 Å². The average Bonchev–Trinajstić information content (AvgIpc) is 2.66. The Bertz CT molecular complexity index is 651. The molecule has 1 aromatic carbocycles. The van der Waals surface area contributed by atoms with Crippen LogP contribution in [0.3, 0.4) is 0 Å². The van der Waals surface area contributed by atoms with Gasteiger partial charge in [-0.15, -0.1) is 0 Å². The van der Waals surface area contributed by atoms with Crippen LogP contribution in [0, 0.1) is 6.92 Å². The molecule has 2 aromatic rings. The summed E-state index contributed by atoms with van der Waals surface area (Å²) < 4.78 is 2.39. The van der Waals surface area contributed by atoms with Crippen molar-refractivity contribution in [2.75, 3.05) is 11.1 Å². The molecular weight excluding hydrogens is 246 g/mol. The second-order valence-electron chi connectivity index (χ2n) is 4.27. The molecule has 0 radical (unpaired) electrons. The summed E-state index contributed by atoms with van der Waals surface area (Å²) in [5, 5.41) is 6.51. The van der Waals surface area contributed by atoms with Gasteiger partial charge in [-0.1, -0.05) is 12.1 Å². The molecule has 3 N–H and O–H groups in total. The van der Waals surface area contributed by atoms with Gasteiger partial charge in [0.25, 0.3) is 0 Å². The van der Waals surface area contributed by atoms with Crippen LogP contribution in [0.15, 0.2) is 29.3 Å². The number of aromatic nitrogens is 3. The van der Waals surface area contributed by atoms with Crippen molar-refractivity contribution in [3.63, 3.8) is 0 Å². The van der Waals surface area contributed by atoms with Crippen LogP contribution in [0.1, 0.15) is 5.56 Å². The average molecular weight is 261 g/mol. The molecule has 0 fully saturated rings. The van der Waals surface area contributed by atoms with Crippen LogP contribution < -0.4 is 16.7 Å². The number of benzene rings is 1. The normalized spacial score (nSPS) is 10.4. The molecule has 7 heteroatoms. The maximum Gasteiger partial charge on any atom is 0.345 e. The van der Waals surface area contributed by atoms with Crippen molar-refractivity contribution in [1.29, 1.82) is 0 Å². The van der Waals surface area contributed by atoms with E-state index in [4.69, 9.17) is 5.73 Å². The lowest BCUT2D eigenvalue weighted by Crippen LogP contribution is -2.29. The number of amides is 1. The minimum absolute atomic E-state index is 0.145. The van der Waals surface area contributed by atoms with E-state index in [2.05, 4.69) is 10.4 Å². The first-order valence-corrected chi connectivity index (χ1v) is 5.72. The molecule has 0 aliphatic heterocycles. The summed E-state index contributed by atoms with van der Waals surface area (Å²) in [7, 11) is 1.57. The Hall–Kier alpha value is -2.57. The van der Waals surface area contributed by atoms with Crippen LogP contribution in [0.2, 0.25) is 0 Å². The smallest absolute Gasteiger partial charge is 0.345 e. The summed E-state index contributed by atoms with van der Waals surface area (Å²) in [4.78, 5) is 23.4. The molecular formula is C12H15N5O2. The van der Waals surface area contributed by atoms with Gasteiger partial charge in [0, 0.05) is 7.05 Å². The zero-order valence-electron chi connectivity index (χ0n) is 10.8. The second-order valence-corrected chi connectivity index (χ2v) is 4.27. The van der Waals surface area contributed by atoms with E-state index < -0.39 is 0 Å². The number of nitrogens with one attached hydrogen (secondary N) is 1. The van der Waals surface area contributed by atoms with Crippen molar-refractivity contribution >= 4 is 17.3 Å². The Kier molecular flexibility index (Phi) is 3.37. The first kappa shape index (κ1) is 12.9. The van der Waals surface area contributed by atoms with E-state index in [1.54, 1.807) is 13.1 Å². The monoisotopic (exact) mass is 261 g/mol. The van der Waals surface area contributed by atoms with Gasteiger partial charge in [-0.2, -0.15) is 5.10 Å². The summed E-state index contributed by atoms with van der Waals surface area (Å²) in [5.41, 5.74) is 7.37. The van der Waals surface area contributed by atoms with Gasteiger partial charge in [-0.3, -0.25) is 9.36 Å². The second kappa shape index (κ2) is 4.97.